The number of hydrogen-bond acceptors (Lipinski definition) is 3. The van der Waals surface area contributed by atoms with Gasteiger partial charge < -0.3 is 10.6 Å². The van der Waals surface area contributed by atoms with E-state index < -0.39 is 0 Å². The highest BCUT2D eigenvalue weighted by Gasteiger charge is 2.31. The zero-order chi connectivity index (χ0) is 13.2. The van der Waals surface area contributed by atoms with Crippen molar-refractivity contribution in [3.05, 3.63) is 47.3 Å². The second-order valence-electron chi connectivity index (χ2n) is 5.52. The van der Waals surface area contributed by atoms with E-state index in [0.717, 1.165) is 16.9 Å². The molecule has 0 radical (unpaired) electrons. The first-order valence-electron chi connectivity index (χ1n) is 7.09. The number of aryl methyl sites for hydroxylation is 1. The van der Waals surface area contributed by atoms with Gasteiger partial charge in [-0.25, -0.2) is 0 Å². The van der Waals surface area contributed by atoms with Crippen LogP contribution in [0.3, 0.4) is 0 Å². The third kappa shape index (κ3) is 2.50. The maximum atomic E-state index is 12.3. The maximum Gasteiger partial charge on any atom is 0.189 e. The van der Waals surface area contributed by atoms with Crippen LogP contribution in [0.25, 0.3) is 0 Å². The van der Waals surface area contributed by atoms with Gasteiger partial charge in [0.15, 0.2) is 5.78 Å². The smallest absolute Gasteiger partial charge is 0.189 e. The molecule has 0 amide bonds. The fourth-order valence-electron chi connectivity index (χ4n) is 3.06. The zero-order valence-corrected chi connectivity index (χ0v) is 11.3. The van der Waals surface area contributed by atoms with E-state index in [1.807, 2.05) is 31.2 Å². The van der Waals surface area contributed by atoms with E-state index in [1.165, 1.54) is 25.7 Å². The van der Waals surface area contributed by atoms with E-state index in [-0.39, 0.29) is 5.78 Å². The van der Waals surface area contributed by atoms with Gasteiger partial charge in [-0.3, -0.25) is 4.79 Å². The molecule has 1 saturated carbocycles. The Bertz CT molecular complexity index is 505. The molecule has 2 N–H and O–H groups in total. The molecule has 3 nitrogen and oxygen atoms in total. The van der Waals surface area contributed by atoms with Gasteiger partial charge in [0.25, 0.3) is 0 Å². The molecule has 0 unspecified atom stereocenters. The van der Waals surface area contributed by atoms with Crippen LogP contribution in [0.2, 0.25) is 0 Å². The second-order valence-corrected chi connectivity index (χ2v) is 5.52. The summed E-state index contributed by atoms with van der Waals surface area (Å²) in [6, 6.07) is 8.74. The van der Waals surface area contributed by atoms with E-state index in [1.54, 1.807) is 6.08 Å². The molecule has 19 heavy (non-hydrogen) atoms. The predicted molar refractivity (Wildman–Crippen MR) is 75.9 cm³/mol. The van der Waals surface area contributed by atoms with Crippen molar-refractivity contribution in [2.24, 2.45) is 0 Å². The van der Waals surface area contributed by atoms with Crippen LogP contribution in [0.4, 0.5) is 0 Å². The topological polar surface area (TPSA) is 41.1 Å². The molecule has 0 spiro atoms. The highest BCUT2D eigenvalue weighted by molar-refractivity contribution is 6.05. The minimum atomic E-state index is 0.0757. The minimum Gasteiger partial charge on any atom is -0.367 e. The Balaban J connectivity index is 1.76. The number of fused-ring (bicyclic) bond motifs is 1. The van der Waals surface area contributed by atoms with Crippen molar-refractivity contribution in [1.82, 2.24) is 10.6 Å². The Morgan fingerprint density at radius 2 is 1.79 bits per heavy atom. The van der Waals surface area contributed by atoms with Gasteiger partial charge in [0, 0.05) is 23.7 Å². The second kappa shape index (κ2) is 5.08. The van der Waals surface area contributed by atoms with Crippen LogP contribution in [0.1, 0.15) is 41.6 Å². The maximum absolute atomic E-state index is 12.3. The highest BCUT2D eigenvalue weighted by Crippen LogP contribution is 2.24. The lowest BCUT2D eigenvalue weighted by molar-refractivity contribution is 0.104. The van der Waals surface area contributed by atoms with Crippen LogP contribution in [-0.4, -0.2) is 17.9 Å². The van der Waals surface area contributed by atoms with Crippen molar-refractivity contribution in [3.63, 3.8) is 0 Å². The average Bonchev–Trinajstić information content (AvgIpc) is 2.81. The summed E-state index contributed by atoms with van der Waals surface area (Å²) in [6.45, 7) is 1.97. The summed E-state index contributed by atoms with van der Waals surface area (Å²) >= 11 is 0. The van der Waals surface area contributed by atoms with Gasteiger partial charge in [0.1, 0.15) is 5.82 Å². The van der Waals surface area contributed by atoms with Crippen molar-refractivity contribution in [2.45, 2.75) is 44.7 Å². The lowest BCUT2D eigenvalue weighted by Gasteiger charge is -2.23. The molecule has 2 atom stereocenters. The molecule has 0 bridgehead atoms. The van der Waals surface area contributed by atoms with Crippen molar-refractivity contribution in [2.75, 3.05) is 0 Å². The third-order valence-corrected chi connectivity index (χ3v) is 4.13. The predicted octanol–water partition coefficient (Wildman–Crippen LogP) is 2.52. The number of carbonyl (C=O) groups excluding carboxylic acids is 1. The molecule has 100 valence electrons. The number of allylic oxidation sites excluding steroid dienone is 1. The molecule has 3 rings (SSSR count). The first-order chi connectivity index (χ1) is 9.24. The summed E-state index contributed by atoms with van der Waals surface area (Å²) in [5, 5.41) is 6.88. The summed E-state index contributed by atoms with van der Waals surface area (Å²) in [6.07, 6.45) is 6.69. The van der Waals surface area contributed by atoms with Crippen LogP contribution in [0.5, 0.6) is 0 Å². The molecule has 3 heteroatoms. The van der Waals surface area contributed by atoms with E-state index in [9.17, 15) is 4.79 Å². The molecule has 2 fully saturated rings. The molecule has 1 aliphatic heterocycles. The molecular weight excluding hydrogens is 236 g/mol. The van der Waals surface area contributed by atoms with Gasteiger partial charge in [0.2, 0.25) is 0 Å². The van der Waals surface area contributed by atoms with Gasteiger partial charge in [-0.05, 0) is 25.3 Å². The van der Waals surface area contributed by atoms with E-state index >= 15 is 0 Å². The Labute approximate surface area is 114 Å². The standard InChI is InChI=1S/C16H20N2O/c1-11-6-2-3-7-12(11)15(19)10-16-17-13-8-4-5-9-14(13)18-16/h2-3,6-7,10,13-14,17-18H,4-5,8-9H2,1H3/t13-,14-/m1/s1. The summed E-state index contributed by atoms with van der Waals surface area (Å²) in [7, 11) is 0. The van der Waals surface area contributed by atoms with Gasteiger partial charge in [0.05, 0.1) is 0 Å². The van der Waals surface area contributed by atoms with Gasteiger partial charge in [-0.2, -0.15) is 0 Å². The molecule has 1 saturated heterocycles. The van der Waals surface area contributed by atoms with Gasteiger partial charge in [-0.15, -0.1) is 0 Å². The number of hydrogen-bond donors (Lipinski definition) is 2. The van der Waals surface area contributed by atoms with E-state index in [2.05, 4.69) is 10.6 Å². The van der Waals surface area contributed by atoms with Gasteiger partial charge >= 0.3 is 0 Å². The molecule has 1 aliphatic carbocycles. The number of carbonyl (C=O) groups is 1. The number of ketones is 1. The number of benzene rings is 1. The molecular formula is C16H20N2O. The van der Waals surface area contributed by atoms with Crippen LogP contribution < -0.4 is 10.6 Å². The zero-order valence-electron chi connectivity index (χ0n) is 11.3. The van der Waals surface area contributed by atoms with Crippen molar-refractivity contribution in [1.29, 1.82) is 0 Å². The van der Waals surface area contributed by atoms with Gasteiger partial charge in [-0.1, -0.05) is 37.1 Å². The molecule has 1 aromatic carbocycles. The van der Waals surface area contributed by atoms with E-state index in [0.29, 0.717) is 12.1 Å². The first-order valence-corrected chi connectivity index (χ1v) is 7.09. The summed E-state index contributed by atoms with van der Waals surface area (Å²) < 4.78 is 0. The molecule has 1 aromatic rings. The fraction of sp³-hybridized carbons (Fsp3) is 0.438. The largest absolute Gasteiger partial charge is 0.367 e. The lowest BCUT2D eigenvalue weighted by atomic mass is 9.92. The Hall–Kier alpha value is -1.77. The summed E-state index contributed by atoms with van der Waals surface area (Å²) in [5.74, 6) is 0.969. The normalized spacial score (nSPS) is 25.2. The average molecular weight is 256 g/mol. The molecule has 2 aliphatic rings. The molecule has 0 aromatic heterocycles. The van der Waals surface area contributed by atoms with Crippen LogP contribution in [0, 0.1) is 6.92 Å². The minimum absolute atomic E-state index is 0.0757. The SMILES string of the molecule is Cc1ccccc1C(=O)C=C1N[C@@H]2CCCC[C@H]2N1. The Morgan fingerprint density at radius 1 is 1.16 bits per heavy atom. The Morgan fingerprint density at radius 3 is 2.42 bits per heavy atom. The summed E-state index contributed by atoms with van der Waals surface area (Å²) in [5.41, 5.74) is 1.81. The molecule has 1 heterocycles. The van der Waals surface area contributed by atoms with Crippen LogP contribution in [-0.2, 0) is 0 Å². The third-order valence-electron chi connectivity index (χ3n) is 4.13. The van der Waals surface area contributed by atoms with Crippen molar-refractivity contribution < 1.29 is 4.79 Å². The fourth-order valence-corrected chi connectivity index (χ4v) is 3.06. The van der Waals surface area contributed by atoms with Crippen molar-refractivity contribution >= 4 is 5.78 Å². The van der Waals surface area contributed by atoms with Crippen LogP contribution in [0.15, 0.2) is 36.2 Å². The number of rotatable bonds is 2. The van der Waals surface area contributed by atoms with Crippen molar-refractivity contribution in [3.8, 4) is 0 Å². The summed E-state index contributed by atoms with van der Waals surface area (Å²) in [4.78, 5) is 12.3. The first kappa shape index (κ1) is 12.3. The highest BCUT2D eigenvalue weighted by atomic mass is 16.1. The lowest BCUT2D eigenvalue weighted by Crippen LogP contribution is -2.36. The quantitative estimate of drug-likeness (QED) is 0.631. The van der Waals surface area contributed by atoms with E-state index in [4.69, 9.17) is 0 Å². The van der Waals surface area contributed by atoms with Crippen LogP contribution >= 0.6 is 0 Å². The Kier molecular flexibility index (Phi) is 3.28. The monoisotopic (exact) mass is 256 g/mol. The number of nitrogens with one attached hydrogen (secondary N) is 2.